The average Bonchev–Trinajstić information content (AvgIpc) is 2.28. The van der Waals surface area contributed by atoms with Crippen molar-refractivity contribution in [2.24, 2.45) is 0 Å². The van der Waals surface area contributed by atoms with Gasteiger partial charge in [-0.3, -0.25) is 0 Å². The molecule has 2 rings (SSSR count). The first-order valence-electron chi connectivity index (χ1n) is 5.85. The van der Waals surface area contributed by atoms with Crippen molar-refractivity contribution < 1.29 is 4.74 Å². The fraction of sp³-hybridized carbons (Fsp3) is 0.538. The number of rotatable bonds is 2. The maximum absolute atomic E-state index is 5.29. The molecule has 1 saturated heterocycles. The maximum atomic E-state index is 5.29. The van der Waals surface area contributed by atoms with Gasteiger partial charge in [0, 0.05) is 35.7 Å². The van der Waals surface area contributed by atoms with Gasteiger partial charge in [-0.25, -0.2) is 0 Å². The number of benzene rings is 1. The highest BCUT2D eigenvalue weighted by Crippen LogP contribution is 2.32. The molecule has 0 spiro atoms. The molecule has 0 aromatic heterocycles. The second-order valence-electron chi connectivity index (χ2n) is 5.05. The van der Waals surface area contributed by atoms with E-state index in [1.807, 2.05) is 12.1 Å². The molecule has 1 N–H and O–H groups in total. The van der Waals surface area contributed by atoms with Crippen molar-refractivity contribution >= 4 is 21.6 Å². The first-order valence-corrected chi connectivity index (χ1v) is 6.65. The summed E-state index contributed by atoms with van der Waals surface area (Å²) in [6.45, 7) is 7.49. The standard InChI is InChI=1S/C13H19BrN2O/c1-13(2)9-16(7-6-15-13)12-8-10(17-3)4-5-11(12)14/h4-5,8,15H,6-7,9H2,1-3H3. The van der Waals surface area contributed by atoms with Crippen LogP contribution < -0.4 is 15.0 Å². The molecule has 1 aliphatic rings. The van der Waals surface area contributed by atoms with Crippen molar-refractivity contribution in [2.75, 3.05) is 31.6 Å². The van der Waals surface area contributed by atoms with Crippen LogP contribution in [-0.2, 0) is 0 Å². The highest BCUT2D eigenvalue weighted by Gasteiger charge is 2.26. The van der Waals surface area contributed by atoms with E-state index in [-0.39, 0.29) is 5.54 Å². The van der Waals surface area contributed by atoms with Crippen LogP contribution in [0.2, 0.25) is 0 Å². The van der Waals surface area contributed by atoms with Gasteiger partial charge in [0.25, 0.3) is 0 Å². The lowest BCUT2D eigenvalue weighted by atomic mass is 10.0. The Morgan fingerprint density at radius 2 is 2.18 bits per heavy atom. The number of methoxy groups -OCH3 is 1. The lowest BCUT2D eigenvalue weighted by Crippen LogP contribution is -2.57. The third kappa shape index (κ3) is 2.93. The minimum Gasteiger partial charge on any atom is -0.497 e. The van der Waals surface area contributed by atoms with Crippen LogP contribution in [0, 0.1) is 0 Å². The fourth-order valence-electron chi connectivity index (χ4n) is 2.21. The van der Waals surface area contributed by atoms with Gasteiger partial charge in [-0.05, 0) is 41.9 Å². The Labute approximate surface area is 111 Å². The summed E-state index contributed by atoms with van der Waals surface area (Å²) in [4.78, 5) is 2.39. The van der Waals surface area contributed by atoms with Gasteiger partial charge >= 0.3 is 0 Å². The van der Waals surface area contributed by atoms with Crippen molar-refractivity contribution in [1.82, 2.24) is 5.32 Å². The molecule has 0 saturated carbocycles. The van der Waals surface area contributed by atoms with Gasteiger partial charge in [0.2, 0.25) is 0 Å². The topological polar surface area (TPSA) is 24.5 Å². The Hall–Kier alpha value is -0.740. The molecule has 94 valence electrons. The smallest absolute Gasteiger partial charge is 0.121 e. The van der Waals surface area contributed by atoms with Gasteiger partial charge < -0.3 is 15.0 Å². The van der Waals surface area contributed by atoms with E-state index in [1.165, 1.54) is 5.69 Å². The van der Waals surface area contributed by atoms with Gasteiger partial charge in [-0.2, -0.15) is 0 Å². The van der Waals surface area contributed by atoms with Crippen LogP contribution in [0.1, 0.15) is 13.8 Å². The molecule has 0 bridgehead atoms. The maximum Gasteiger partial charge on any atom is 0.121 e. The summed E-state index contributed by atoms with van der Waals surface area (Å²) in [5.41, 5.74) is 1.36. The van der Waals surface area contributed by atoms with Crippen LogP contribution in [0.3, 0.4) is 0 Å². The van der Waals surface area contributed by atoms with Crippen molar-refractivity contribution in [3.05, 3.63) is 22.7 Å². The lowest BCUT2D eigenvalue weighted by Gasteiger charge is -2.40. The van der Waals surface area contributed by atoms with Gasteiger partial charge in [0.15, 0.2) is 0 Å². The fourth-order valence-corrected chi connectivity index (χ4v) is 2.71. The molecule has 1 aromatic rings. The zero-order valence-electron chi connectivity index (χ0n) is 10.6. The van der Waals surface area contributed by atoms with Crippen LogP contribution in [0.25, 0.3) is 0 Å². The van der Waals surface area contributed by atoms with E-state index in [2.05, 4.69) is 46.1 Å². The third-order valence-electron chi connectivity index (χ3n) is 3.07. The Kier molecular flexibility index (Phi) is 3.64. The van der Waals surface area contributed by atoms with Crippen molar-refractivity contribution in [3.8, 4) is 5.75 Å². The van der Waals surface area contributed by atoms with Crippen LogP contribution in [0.4, 0.5) is 5.69 Å². The molecule has 0 atom stereocenters. The SMILES string of the molecule is COc1ccc(Br)c(N2CCNC(C)(C)C2)c1. The van der Waals surface area contributed by atoms with E-state index in [0.717, 1.165) is 29.9 Å². The van der Waals surface area contributed by atoms with E-state index < -0.39 is 0 Å². The van der Waals surface area contributed by atoms with Crippen molar-refractivity contribution in [1.29, 1.82) is 0 Å². The van der Waals surface area contributed by atoms with Crippen LogP contribution in [0.15, 0.2) is 22.7 Å². The van der Waals surface area contributed by atoms with Crippen LogP contribution in [-0.4, -0.2) is 32.3 Å². The Morgan fingerprint density at radius 3 is 2.82 bits per heavy atom. The number of hydrogen-bond donors (Lipinski definition) is 1. The first kappa shape index (κ1) is 12.7. The van der Waals surface area contributed by atoms with Gasteiger partial charge in [0.05, 0.1) is 12.8 Å². The molecule has 0 amide bonds. The molecular weight excluding hydrogens is 280 g/mol. The minimum atomic E-state index is 0.154. The van der Waals surface area contributed by atoms with Crippen LogP contribution in [0.5, 0.6) is 5.75 Å². The summed E-state index contributed by atoms with van der Waals surface area (Å²) in [6, 6.07) is 6.11. The Morgan fingerprint density at radius 1 is 1.41 bits per heavy atom. The predicted octanol–water partition coefficient (Wildman–Crippen LogP) is 2.65. The molecule has 0 unspecified atom stereocenters. The first-order chi connectivity index (χ1) is 8.02. The van der Waals surface area contributed by atoms with Gasteiger partial charge in [-0.1, -0.05) is 0 Å². The quantitative estimate of drug-likeness (QED) is 0.908. The van der Waals surface area contributed by atoms with E-state index in [0.29, 0.717) is 0 Å². The molecule has 17 heavy (non-hydrogen) atoms. The summed E-state index contributed by atoms with van der Waals surface area (Å²) in [7, 11) is 1.70. The molecule has 1 aliphatic heterocycles. The molecule has 1 aromatic carbocycles. The zero-order valence-corrected chi connectivity index (χ0v) is 12.2. The van der Waals surface area contributed by atoms with E-state index in [9.17, 15) is 0 Å². The second-order valence-corrected chi connectivity index (χ2v) is 5.90. The molecule has 1 fully saturated rings. The van der Waals surface area contributed by atoms with Gasteiger partial charge in [-0.15, -0.1) is 0 Å². The number of nitrogens with one attached hydrogen (secondary N) is 1. The van der Waals surface area contributed by atoms with E-state index in [1.54, 1.807) is 7.11 Å². The third-order valence-corrected chi connectivity index (χ3v) is 3.74. The average molecular weight is 299 g/mol. The number of anilines is 1. The normalized spacial score (nSPS) is 19.2. The van der Waals surface area contributed by atoms with Gasteiger partial charge in [0.1, 0.15) is 5.75 Å². The molecule has 0 aliphatic carbocycles. The number of piperazine rings is 1. The molecular formula is C13H19BrN2O. The highest BCUT2D eigenvalue weighted by molar-refractivity contribution is 9.10. The number of hydrogen-bond acceptors (Lipinski definition) is 3. The van der Waals surface area contributed by atoms with Crippen LogP contribution >= 0.6 is 15.9 Å². The minimum absolute atomic E-state index is 0.154. The number of halogens is 1. The molecule has 0 radical (unpaired) electrons. The summed E-state index contributed by atoms with van der Waals surface area (Å²) in [6.07, 6.45) is 0. The number of nitrogens with zero attached hydrogens (tertiary/aromatic N) is 1. The second kappa shape index (κ2) is 4.86. The monoisotopic (exact) mass is 298 g/mol. The predicted molar refractivity (Wildman–Crippen MR) is 75.0 cm³/mol. The summed E-state index contributed by atoms with van der Waals surface area (Å²) in [5, 5.41) is 3.52. The van der Waals surface area contributed by atoms with Crippen molar-refractivity contribution in [3.63, 3.8) is 0 Å². The Balaban J connectivity index is 2.26. The summed E-state index contributed by atoms with van der Waals surface area (Å²) < 4.78 is 6.41. The molecule has 3 nitrogen and oxygen atoms in total. The summed E-state index contributed by atoms with van der Waals surface area (Å²) in [5.74, 6) is 0.902. The lowest BCUT2D eigenvalue weighted by molar-refractivity contribution is 0.352. The number of ether oxygens (including phenoxy) is 1. The zero-order chi connectivity index (χ0) is 12.5. The Bertz CT molecular complexity index is 406. The van der Waals surface area contributed by atoms with E-state index in [4.69, 9.17) is 4.74 Å². The van der Waals surface area contributed by atoms with Crippen molar-refractivity contribution in [2.45, 2.75) is 19.4 Å². The largest absolute Gasteiger partial charge is 0.497 e. The molecule has 1 heterocycles. The molecule has 4 heteroatoms. The highest BCUT2D eigenvalue weighted by atomic mass is 79.9. The van der Waals surface area contributed by atoms with E-state index >= 15 is 0 Å². The summed E-state index contributed by atoms with van der Waals surface area (Å²) >= 11 is 3.62.